The zero-order valence-electron chi connectivity index (χ0n) is 33.6. The monoisotopic (exact) mass is 783 g/mol. The van der Waals surface area contributed by atoms with Crippen LogP contribution in [0.4, 0.5) is 17.1 Å². The van der Waals surface area contributed by atoms with Crippen molar-refractivity contribution in [2.75, 3.05) is 4.90 Å². The molecule has 9 aromatic carbocycles. The minimum absolute atomic E-state index is 0.129. The van der Waals surface area contributed by atoms with E-state index in [9.17, 15) is 0 Å². The van der Waals surface area contributed by atoms with Crippen LogP contribution in [0.1, 0.15) is 47.2 Å². The molecular weight excluding hydrogens is 743 g/mol. The van der Waals surface area contributed by atoms with Crippen LogP contribution in [-0.4, -0.2) is 0 Å². The average molecular weight is 784 g/mol. The van der Waals surface area contributed by atoms with Gasteiger partial charge in [0, 0.05) is 48.2 Å². The summed E-state index contributed by atoms with van der Waals surface area (Å²) in [6, 6.07) is 79.2. The lowest BCUT2D eigenvalue weighted by Gasteiger charge is -2.35. The smallest absolute Gasteiger partial charge is 0.0714 e. The first-order valence-electron chi connectivity index (χ1n) is 20.9. The number of anilines is 3. The summed E-state index contributed by atoms with van der Waals surface area (Å²) in [4.78, 5) is 2.48. The van der Waals surface area contributed by atoms with Crippen LogP contribution in [0.15, 0.2) is 212 Å². The summed E-state index contributed by atoms with van der Waals surface area (Å²) in [5.74, 6) is 0. The van der Waals surface area contributed by atoms with E-state index in [-0.39, 0.29) is 5.41 Å². The van der Waals surface area contributed by atoms with Crippen LogP contribution in [-0.2, 0) is 10.8 Å². The first-order valence-corrected chi connectivity index (χ1v) is 21.7. The summed E-state index contributed by atoms with van der Waals surface area (Å²) in [7, 11) is 0. The molecule has 0 saturated carbocycles. The van der Waals surface area contributed by atoms with Crippen molar-refractivity contribution in [3.05, 3.63) is 246 Å². The maximum atomic E-state index is 2.51. The number of nitrogens with zero attached hydrogens (tertiary/aromatic N) is 1. The first kappa shape index (κ1) is 35.0. The van der Waals surface area contributed by atoms with Gasteiger partial charge in [-0.25, -0.2) is 0 Å². The van der Waals surface area contributed by atoms with Crippen molar-refractivity contribution in [2.24, 2.45) is 0 Å². The van der Waals surface area contributed by atoms with Crippen molar-refractivity contribution in [3.63, 3.8) is 0 Å². The zero-order valence-corrected chi connectivity index (χ0v) is 34.4. The molecule has 0 N–H and O–H groups in total. The van der Waals surface area contributed by atoms with Crippen LogP contribution in [0.3, 0.4) is 0 Å². The normalized spacial score (nSPS) is 14.1. The zero-order chi connectivity index (χ0) is 40.0. The number of fused-ring (bicyclic) bond motifs is 10. The largest absolute Gasteiger partial charge is 0.310 e. The van der Waals surface area contributed by atoms with Gasteiger partial charge in [0.25, 0.3) is 0 Å². The van der Waals surface area contributed by atoms with Crippen molar-refractivity contribution < 1.29 is 0 Å². The van der Waals surface area contributed by atoms with Gasteiger partial charge in [0.05, 0.1) is 5.41 Å². The molecule has 10 aromatic rings. The second kappa shape index (κ2) is 13.3. The third-order valence-corrected chi connectivity index (χ3v) is 14.6. The Morgan fingerprint density at radius 2 is 0.933 bits per heavy atom. The second-order valence-corrected chi connectivity index (χ2v) is 17.9. The van der Waals surface area contributed by atoms with Gasteiger partial charge in [0.2, 0.25) is 0 Å². The van der Waals surface area contributed by atoms with Crippen molar-refractivity contribution in [3.8, 4) is 33.4 Å². The molecule has 0 fully saturated rings. The highest BCUT2D eigenvalue weighted by Gasteiger charge is 2.47. The molecule has 0 unspecified atom stereocenters. The molecular formula is C58H41NS. The van der Waals surface area contributed by atoms with Crippen molar-refractivity contribution in [1.82, 2.24) is 0 Å². The Morgan fingerprint density at radius 3 is 1.65 bits per heavy atom. The minimum Gasteiger partial charge on any atom is -0.310 e. The fraction of sp³-hybridized carbons (Fsp3) is 0.0690. The molecule has 1 heterocycles. The maximum absolute atomic E-state index is 2.51. The molecule has 0 aliphatic heterocycles. The van der Waals surface area contributed by atoms with Gasteiger partial charge < -0.3 is 4.90 Å². The summed E-state index contributed by atoms with van der Waals surface area (Å²) >= 11 is 1.92. The van der Waals surface area contributed by atoms with E-state index in [4.69, 9.17) is 0 Å². The van der Waals surface area contributed by atoms with Gasteiger partial charge >= 0.3 is 0 Å². The molecule has 0 saturated heterocycles. The summed E-state index contributed by atoms with van der Waals surface area (Å²) in [6.07, 6.45) is 0. The van der Waals surface area contributed by atoms with Crippen molar-refractivity contribution in [1.29, 1.82) is 0 Å². The fourth-order valence-corrected chi connectivity index (χ4v) is 11.9. The Balaban J connectivity index is 1.13. The van der Waals surface area contributed by atoms with E-state index in [2.05, 4.69) is 231 Å². The quantitative estimate of drug-likeness (QED) is 0.162. The molecule has 12 rings (SSSR count). The molecule has 1 nitrogen and oxygen atoms in total. The van der Waals surface area contributed by atoms with E-state index in [1.165, 1.54) is 86.9 Å². The van der Waals surface area contributed by atoms with Crippen LogP contribution in [0.25, 0.3) is 53.6 Å². The van der Waals surface area contributed by atoms with Gasteiger partial charge in [-0.15, -0.1) is 11.3 Å². The molecule has 2 heteroatoms. The van der Waals surface area contributed by atoms with Gasteiger partial charge in [0.1, 0.15) is 0 Å². The number of hydrogen-bond donors (Lipinski definition) is 0. The third kappa shape index (κ3) is 4.98. The molecule has 0 spiro atoms. The molecule has 0 amide bonds. The topological polar surface area (TPSA) is 3.24 Å². The predicted molar refractivity (Wildman–Crippen MR) is 254 cm³/mol. The Morgan fingerprint density at radius 1 is 0.383 bits per heavy atom. The molecule has 0 bridgehead atoms. The van der Waals surface area contributed by atoms with Crippen LogP contribution in [0, 0.1) is 0 Å². The molecule has 60 heavy (non-hydrogen) atoms. The molecule has 0 radical (unpaired) electrons. The predicted octanol–water partition coefficient (Wildman–Crippen LogP) is 15.9. The minimum atomic E-state index is -0.544. The van der Waals surface area contributed by atoms with E-state index in [0.29, 0.717) is 0 Å². The van der Waals surface area contributed by atoms with Gasteiger partial charge in [0.15, 0.2) is 0 Å². The Hall–Kier alpha value is -7.00. The average Bonchev–Trinajstić information content (AvgIpc) is 3.91. The lowest BCUT2D eigenvalue weighted by Crippen LogP contribution is -2.28. The van der Waals surface area contributed by atoms with Crippen molar-refractivity contribution >= 4 is 48.6 Å². The van der Waals surface area contributed by atoms with Crippen LogP contribution < -0.4 is 4.90 Å². The van der Waals surface area contributed by atoms with Crippen LogP contribution >= 0.6 is 11.3 Å². The van der Waals surface area contributed by atoms with Gasteiger partial charge in [-0.1, -0.05) is 184 Å². The maximum Gasteiger partial charge on any atom is 0.0714 e. The molecule has 1 aromatic heterocycles. The van der Waals surface area contributed by atoms with E-state index in [1.807, 2.05) is 11.3 Å². The fourth-order valence-electron chi connectivity index (χ4n) is 10.6. The van der Waals surface area contributed by atoms with Crippen LogP contribution in [0.5, 0.6) is 0 Å². The number of hydrogen-bond acceptors (Lipinski definition) is 2. The first-order chi connectivity index (χ1) is 29.5. The third-order valence-electron chi connectivity index (χ3n) is 13.4. The Bertz CT molecular complexity index is 3230. The van der Waals surface area contributed by atoms with Gasteiger partial charge in [-0.3, -0.25) is 0 Å². The molecule has 284 valence electrons. The lowest BCUT2D eigenvalue weighted by molar-refractivity contribution is 0.660. The van der Waals surface area contributed by atoms with Crippen molar-refractivity contribution in [2.45, 2.75) is 24.7 Å². The molecule has 2 aliphatic carbocycles. The highest BCUT2D eigenvalue weighted by molar-refractivity contribution is 7.26. The van der Waals surface area contributed by atoms with Gasteiger partial charge in [-0.05, 0) is 104 Å². The molecule has 0 atom stereocenters. The lowest BCUT2D eigenvalue weighted by atomic mass is 9.67. The standard InChI is InChI=1S/C58H41NS/c1-57(2)50-24-14-12-22-45(50)46-32-30-43(36-52(46)57)59(42-28-26-39(27-29-42)38-16-6-3-7-17-38)44-31-33-49-53(37-44)58(40-18-8-4-9-19-40,41-20-10-5-11-21-41)51-35-34-48-47-23-13-15-25-54(47)60-56(48)55(49)51/h3-37H,1-2H3. The van der Waals surface area contributed by atoms with E-state index in [0.717, 1.165) is 17.1 Å². The summed E-state index contributed by atoms with van der Waals surface area (Å²) in [5, 5.41) is 2.64. The van der Waals surface area contributed by atoms with Gasteiger partial charge in [-0.2, -0.15) is 0 Å². The highest BCUT2D eigenvalue weighted by Crippen LogP contribution is 2.60. The van der Waals surface area contributed by atoms with Crippen LogP contribution in [0.2, 0.25) is 0 Å². The molecule has 2 aliphatic rings. The summed E-state index contributed by atoms with van der Waals surface area (Å²) in [5.41, 5.74) is 18.4. The SMILES string of the molecule is CC1(C)c2ccccc2-c2ccc(N(c3ccc(-c4ccccc4)cc3)c3ccc4c(c3)C(c3ccccc3)(c3ccccc3)c3ccc5c(sc6ccccc65)c3-4)cc21. The van der Waals surface area contributed by atoms with E-state index < -0.39 is 5.41 Å². The number of benzene rings is 9. The number of thiophene rings is 1. The summed E-state index contributed by atoms with van der Waals surface area (Å²) < 4.78 is 2.67. The Kier molecular flexibility index (Phi) is 7.73. The Labute approximate surface area is 355 Å². The second-order valence-electron chi connectivity index (χ2n) is 16.8. The summed E-state index contributed by atoms with van der Waals surface area (Å²) in [6.45, 7) is 4.74. The highest BCUT2D eigenvalue weighted by atomic mass is 32.1. The van der Waals surface area contributed by atoms with E-state index in [1.54, 1.807) is 0 Å². The van der Waals surface area contributed by atoms with E-state index >= 15 is 0 Å². The number of rotatable bonds is 6.